The van der Waals surface area contributed by atoms with Gasteiger partial charge in [-0.25, -0.2) is 8.78 Å². The molecule has 1 heterocycles. The van der Waals surface area contributed by atoms with Crippen LogP contribution in [0.5, 0.6) is 5.75 Å². The summed E-state index contributed by atoms with van der Waals surface area (Å²) in [6.45, 7) is 0.620. The van der Waals surface area contributed by atoms with E-state index in [9.17, 15) is 8.78 Å². The van der Waals surface area contributed by atoms with Crippen LogP contribution < -0.4 is 10.1 Å². The first kappa shape index (κ1) is 12.9. The molecule has 0 fully saturated rings. The zero-order valence-electron chi connectivity index (χ0n) is 10.9. The number of nitrogens with one attached hydrogen (secondary N) is 1. The van der Waals surface area contributed by atoms with Crippen LogP contribution in [0.25, 0.3) is 0 Å². The highest BCUT2D eigenvalue weighted by Gasteiger charge is 2.17. The van der Waals surface area contributed by atoms with Gasteiger partial charge in [0.2, 0.25) is 0 Å². The molecule has 1 atom stereocenters. The standard InChI is InChI=1S/C16H15F2NO/c17-12-7-13(18)9-15(8-12)20-14-6-5-11-3-1-2-4-16(11)19-10-14/h1-4,7-9,14,19H,5-6,10H2. The molecule has 3 rings (SSSR count). The molecule has 2 nitrogen and oxygen atoms in total. The second-order valence-electron chi connectivity index (χ2n) is 4.92. The highest BCUT2D eigenvalue weighted by molar-refractivity contribution is 5.52. The third-order valence-corrected chi connectivity index (χ3v) is 3.41. The fourth-order valence-electron chi connectivity index (χ4n) is 2.44. The van der Waals surface area contributed by atoms with Crippen LogP contribution in [0, 0.1) is 11.6 Å². The summed E-state index contributed by atoms with van der Waals surface area (Å²) in [5.41, 5.74) is 2.34. The van der Waals surface area contributed by atoms with E-state index < -0.39 is 11.6 Å². The van der Waals surface area contributed by atoms with Gasteiger partial charge in [0.05, 0.1) is 6.54 Å². The van der Waals surface area contributed by atoms with Crippen molar-refractivity contribution in [3.63, 3.8) is 0 Å². The lowest BCUT2D eigenvalue weighted by molar-refractivity contribution is 0.204. The predicted molar refractivity (Wildman–Crippen MR) is 74.0 cm³/mol. The zero-order chi connectivity index (χ0) is 13.9. The first-order valence-electron chi connectivity index (χ1n) is 6.65. The molecule has 0 amide bonds. The van der Waals surface area contributed by atoms with Gasteiger partial charge in [0.1, 0.15) is 23.5 Å². The molecule has 1 N–H and O–H groups in total. The van der Waals surface area contributed by atoms with Crippen molar-refractivity contribution in [2.75, 3.05) is 11.9 Å². The molecule has 0 aromatic heterocycles. The van der Waals surface area contributed by atoms with Gasteiger partial charge in [-0.15, -0.1) is 0 Å². The minimum Gasteiger partial charge on any atom is -0.488 e. The van der Waals surface area contributed by atoms with Gasteiger partial charge in [-0.1, -0.05) is 18.2 Å². The number of para-hydroxylation sites is 1. The predicted octanol–water partition coefficient (Wildman–Crippen LogP) is 3.77. The van der Waals surface area contributed by atoms with Crippen LogP contribution in [0.1, 0.15) is 12.0 Å². The van der Waals surface area contributed by atoms with Crippen molar-refractivity contribution in [2.24, 2.45) is 0 Å². The first-order chi connectivity index (χ1) is 9.70. The molecule has 2 aromatic rings. The van der Waals surface area contributed by atoms with Crippen LogP contribution >= 0.6 is 0 Å². The number of benzene rings is 2. The minimum atomic E-state index is -0.620. The van der Waals surface area contributed by atoms with Crippen LogP contribution in [0.2, 0.25) is 0 Å². The number of fused-ring (bicyclic) bond motifs is 1. The van der Waals surface area contributed by atoms with E-state index in [1.807, 2.05) is 18.2 Å². The molecule has 0 saturated carbocycles. The average molecular weight is 275 g/mol. The van der Waals surface area contributed by atoms with Crippen LogP contribution in [0.4, 0.5) is 14.5 Å². The van der Waals surface area contributed by atoms with E-state index in [0.717, 1.165) is 24.6 Å². The van der Waals surface area contributed by atoms with Crippen molar-refractivity contribution in [1.29, 1.82) is 0 Å². The Bertz CT molecular complexity index is 568. The summed E-state index contributed by atoms with van der Waals surface area (Å²) < 4.78 is 32.0. The van der Waals surface area contributed by atoms with E-state index in [-0.39, 0.29) is 11.9 Å². The van der Waals surface area contributed by atoms with Crippen molar-refractivity contribution in [1.82, 2.24) is 0 Å². The Balaban J connectivity index is 1.71. The highest BCUT2D eigenvalue weighted by Crippen LogP contribution is 2.24. The number of rotatable bonds is 2. The number of ether oxygens (including phenoxy) is 1. The number of hydrogen-bond donors (Lipinski definition) is 1. The van der Waals surface area contributed by atoms with E-state index in [0.29, 0.717) is 6.54 Å². The molecule has 0 aliphatic carbocycles. The summed E-state index contributed by atoms with van der Waals surface area (Å²) in [7, 11) is 0. The Labute approximate surface area is 116 Å². The highest BCUT2D eigenvalue weighted by atomic mass is 19.1. The summed E-state index contributed by atoms with van der Waals surface area (Å²) in [6, 6.07) is 11.3. The maximum Gasteiger partial charge on any atom is 0.129 e. The van der Waals surface area contributed by atoms with Crippen molar-refractivity contribution >= 4 is 5.69 Å². The largest absolute Gasteiger partial charge is 0.488 e. The van der Waals surface area contributed by atoms with Crippen LogP contribution in [0.15, 0.2) is 42.5 Å². The smallest absolute Gasteiger partial charge is 0.129 e. The number of aryl methyl sites for hydroxylation is 1. The maximum atomic E-state index is 13.1. The van der Waals surface area contributed by atoms with Crippen molar-refractivity contribution < 1.29 is 13.5 Å². The number of halogens is 2. The molecule has 1 unspecified atom stereocenters. The van der Waals surface area contributed by atoms with E-state index in [1.165, 1.54) is 17.7 Å². The third kappa shape index (κ3) is 2.90. The van der Waals surface area contributed by atoms with Crippen LogP contribution in [0.3, 0.4) is 0 Å². The van der Waals surface area contributed by atoms with Crippen LogP contribution in [-0.4, -0.2) is 12.6 Å². The quantitative estimate of drug-likeness (QED) is 0.900. The van der Waals surface area contributed by atoms with Gasteiger partial charge in [0.25, 0.3) is 0 Å². The second kappa shape index (κ2) is 5.49. The Kier molecular flexibility index (Phi) is 3.54. The lowest BCUT2D eigenvalue weighted by Crippen LogP contribution is -2.25. The minimum absolute atomic E-state index is 0.108. The molecular weight excluding hydrogens is 260 g/mol. The van der Waals surface area contributed by atoms with Gasteiger partial charge in [0, 0.05) is 23.9 Å². The van der Waals surface area contributed by atoms with E-state index in [4.69, 9.17) is 4.74 Å². The molecule has 20 heavy (non-hydrogen) atoms. The SMILES string of the molecule is Fc1cc(F)cc(OC2CCc3ccccc3NC2)c1. The maximum absolute atomic E-state index is 13.1. The van der Waals surface area contributed by atoms with E-state index in [1.54, 1.807) is 0 Å². The fourth-order valence-corrected chi connectivity index (χ4v) is 2.44. The lowest BCUT2D eigenvalue weighted by Gasteiger charge is -2.17. The summed E-state index contributed by atoms with van der Waals surface area (Å²) in [4.78, 5) is 0. The second-order valence-corrected chi connectivity index (χ2v) is 4.92. The topological polar surface area (TPSA) is 21.3 Å². The first-order valence-corrected chi connectivity index (χ1v) is 6.65. The van der Waals surface area contributed by atoms with Gasteiger partial charge in [0.15, 0.2) is 0 Å². The fraction of sp³-hybridized carbons (Fsp3) is 0.250. The Hall–Kier alpha value is -2.10. The molecule has 0 bridgehead atoms. The Morgan fingerprint density at radius 2 is 1.80 bits per heavy atom. The summed E-state index contributed by atoms with van der Waals surface area (Å²) in [5, 5.41) is 3.31. The molecule has 2 aromatic carbocycles. The van der Waals surface area contributed by atoms with Crippen molar-refractivity contribution in [3.8, 4) is 5.75 Å². The third-order valence-electron chi connectivity index (χ3n) is 3.41. The van der Waals surface area contributed by atoms with Crippen molar-refractivity contribution in [2.45, 2.75) is 18.9 Å². The summed E-state index contributed by atoms with van der Waals surface area (Å²) >= 11 is 0. The lowest BCUT2D eigenvalue weighted by atomic mass is 10.1. The van der Waals surface area contributed by atoms with Gasteiger partial charge >= 0.3 is 0 Å². The Morgan fingerprint density at radius 1 is 1.05 bits per heavy atom. The molecule has 104 valence electrons. The zero-order valence-corrected chi connectivity index (χ0v) is 10.9. The average Bonchev–Trinajstić information content (AvgIpc) is 2.61. The normalized spacial score (nSPS) is 17.8. The van der Waals surface area contributed by atoms with Gasteiger partial charge < -0.3 is 10.1 Å². The Morgan fingerprint density at radius 3 is 2.60 bits per heavy atom. The summed E-state index contributed by atoms with van der Waals surface area (Å²) in [6.07, 6.45) is 1.58. The molecule has 1 aliphatic heterocycles. The van der Waals surface area contributed by atoms with E-state index >= 15 is 0 Å². The number of anilines is 1. The molecule has 0 saturated heterocycles. The molecular formula is C16H15F2NO. The van der Waals surface area contributed by atoms with Gasteiger partial charge in [-0.05, 0) is 24.5 Å². The molecule has 0 radical (unpaired) electrons. The van der Waals surface area contributed by atoms with Crippen LogP contribution in [-0.2, 0) is 6.42 Å². The van der Waals surface area contributed by atoms with Gasteiger partial charge in [-0.3, -0.25) is 0 Å². The van der Waals surface area contributed by atoms with Crippen molar-refractivity contribution in [3.05, 3.63) is 59.7 Å². The number of hydrogen-bond acceptors (Lipinski definition) is 2. The monoisotopic (exact) mass is 275 g/mol. The molecule has 0 spiro atoms. The molecule has 4 heteroatoms. The summed E-state index contributed by atoms with van der Waals surface area (Å²) in [5.74, 6) is -1.00. The van der Waals surface area contributed by atoms with Gasteiger partial charge in [-0.2, -0.15) is 0 Å². The van der Waals surface area contributed by atoms with E-state index in [2.05, 4.69) is 11.4 Å². The molecule has 1 aliphatic rings.